The van der Waals surface area contributed by atoms with Crippen molar-refractivity contribution in [3.8, 4) is 0 Å². The second-order valence-electron chi connectivity index (χ2n) is 1.92. The van der Waals surface area contributed by atoms with E-state index in [0.717, 1.165) is 0 Å². The maximum absolute atomic E-state index is 12.3. The predicted octanol–water partition coefficient (Wildman–Crippen LogP) is 2.17. The van der Waals surface area contributed by atoms with Crippen LogP contribution in [-0.4, -0.2) is 23.8 Å². The summed E-state index contributed by atoms with van der Waals surface area (Å²) in [5.41, 5.74) is 0. The van der Waals surface area contributed by atoms with Gasteiger partial charge in [0, 0.05) is 0 Å². The molecule has 0 atom stereocenters. The maximum Gasteiger partial charge on any atom is 0.363 e. The molecule has 0 N–H and O–H groups in total. The van der Waals surface area contributed by atoms with Crippen molar-refractivity contribution < 1.29 is 27.1 Å². The number of ether oxygens (including phenoxy) is 1. The number of carbonyl (C=O) groups excluding carboxylic acids is 1. The maximum atomic E-state index is 12.3. The molecule has 0 amide bonds. The molecule has 0 saturated heterocycles. The molecule has 7 heteroatoms. The van der Waals surface area contributed by atoms with Gasteiger partial charge < -0.3 is 4.74 Å². The zero-order valence-corrected chi connectivity index (χ0v) is 7.28. The van der Waals surface area contributed by atoms with Crippen molar-refractivity contribution in [1.82, 2.24) is 0 Å². The van der Waals surface area contributed by atoms with Crippen molar-refractivity contribution in [1.29, 1.82) is 0 Å². The summed E-state index contributed by atoms with van der Waals surface area (Å²) in [4.78, 5) is 5.20. The highest BCUT2D eigenvalue weighted by Crippen LogP contribution is 2.41. The first-order chi connectivity index (χ1) is 5.31. The summed E-state index contributed by atoms with van der Waals surface area (Å²) >= 11 is 1.52. The Morgan fingerprint density at radius 2 is 1.83 bits per heavy atom. The molecule has 2 nitrogen and oxygen atoms in total. The van der Waals surface area contributed by atoms with Crippen molar-refractivity contribution >= 4 is 22.4 Å². The minimum absolute atomic E-state index is 0.0809. The Hall–Kier alpha value is -0.330. The second kappa shape index (κ2) is 4.06. The Bertz CT molecular complexity index is 156. The molecule has 0 aromatic rings. The molecule has 0 radical (unpaired) electrons. The SMILES string of the molecule is O=COCCC(F)(F)C(F)(F)Br. The van der Waals surface area contributed by atoms with Crippen LogP contribution in [0, 0.1) is 0 Å². The Kier molecular flexibility index (Phi) is 3.95. The lowest BCUT2D eigenvalue weighted by Crippen LogP contribution is -2.35. The molecule has 0 saturated carbocycles. The summed E-state index contributed by atoms with van der Waals surface area (Å²) < 4.78 is 52.3. The van der Waals surface area contributed by atoms with E-state index in [-0.39, 0.29) is 6.47 Å². The number of hydrogen-bond donors (Lipinski definition) is 0. The van der Waals surface area contributed by atoms with Gasteiger partial charge in [-0.25, -0.2) is 0 Å². The number of hydrogen-bond acceptors (Lipinski definition) is 2. The van der Waals surface area contributed by atoms with Gasteiger partial charge >= 0.3 is 10.8 Å². The van der Waals surface area contributed by atoms with Gasteiger partial charge in [-0.15, -0.1) is 0 Å². The normalized spacial score (nSPS) is 12.8. The van der Waals surface area contributed by atoms with Gasteiger partial charge in [-0.2, -0.15) is 17.6 Å². The molecule has 0 aromatic carbocycles. The molecular formula is C5H5BrF4O2. The van der Waals surface area contributed by atoms with Crippen LogP contribution in [0.2, 0.25) is 0 Å². The number of rotatable bonds is 5. The lowest BCUT2D eigenvalue weighted by Gasteiger charge is -2.20. The molecule has 0 aliphatic carbocycles. The summed E-state index contributed by atoms with van der Waals surface area (Å²) in [7, 11) is 0. The summed E-state index contributed by atoms with van der Waals surface area (Å²) in [6.45, 7) is -0.819. The Morgan fingerprint density at radius 1 is 1.33 bits per heavy atom. The Labute approximate surface area is 74.0 Å². The third-order valence-electron chi connectivity index (χ3n) is 1.02. The van der Waals surface area contributed by atoms with Crippen LogP contribution in [0.4, 0.5) is 17.6 Å². The summed E-state index contributed by atoms with van der Waals surface area (Å²) in [6.07, 6.45) is -1.22. The van der Waals surface area contributed by atoms with Crippen LogP contribution in [0.5, 0.6) is 0 Å². The average molecular weight is 253 g/mol. The third-order valence-corrected chi connectivity index (χ3v) is 1.60. The first kappa shape index (κ1) is 11.7. The van der Waals surface area contributed by atoms with Crippen LogP contribution >= 0.6 is 15.9 Å². The molecule has 0 heterocycles. The van der Waals surface area contributed by atoms with E-state index >= 15 is 0 Å². The van der Waals surface area contributed by atoms with E-state index in [0.29, 0.717) is 0 Å². The lowest BCUT2D eigenvalue weighted by atomic mass is 10.2. The molecule has 0 bridgehead atoms. The zero-order chi connectivity index (χ0) is 9.83. The summed E-state index contributed by atoms with van der Waals surface area (Å²) in [5.74, 6) is -4.21. The molecule has 0 fully saturated rings. The van der Waals surface area contributed by atoms with Crippen molar-refractivity contribution in [2.45, 2.75) is 17.2 Å². The molecule has 72 valence electrons. The van der Waals surface area contributed by atoms with Gasteiger partial charge in [0.2, 0.25) is 0 Å². The van der Waals surface area contributed by atoms with E-state index in [1.807, 2.05) is 0 Å². The number of halogens is 5. The van der Waals surface area contributed by atoms with Gasteiger partial charge in [-0.3, -0.25) is 4.79 Å². The van der Waals surface area contributed by atoms with Gasteiger partial charge in [-0.1, -0.05) is 0 Å². The minimum Gasteiger partial charge on any atom is -0.468 e. The first-order valence-corrected chi connectivity index (χ1v) is 3.60. The van der Waals surface area contributed by atoms with Gasteiger partial charge in [0.25, 0.3) is 6.47 Å². The van der Waals surface area contributed by atoms with Crippen LogP contribution in [0.1, 0.15) is 6.42 Å². The van der Waals surface area contributed by atoms with Crippen molar-refractivity contribution in [2.75, 3.05) is 6.61 Å². The molecule has 12 heavy (non-hydrogen) atoms. The van der Waals surface area contributed by atoms with Crippen LogP contribution in [0.15, 0.2) is 0 Å². The standard InChI is InChI=1S/C5H5BrF4O2/c6-5(9,10)4(7,8)1-2-12-3-11/h3H,1-2H2. The molecule has 0 rings (SSSR count). The van der Waals surface area contributed by atoms with Gasteiger partial charge in [0.05, 0.1) is 13.0 Å². The highest BCUT2D eigenvalue weighted by Gasteiger charge is 2.53. The first-order valence-electron chi connectivity index (χ1n) is 2.81. The lowest BCUT2D eigenvalue weighted by molar-refractivity contribution is -0.161. The van der Waals surface area contributed by atoms with Crippen LogP contribution in [0.25, 0.3) is 0 Å². The summed E-state index contributed by atoms with van der Waals surface area (Å²) in [6, 6.07) is 0. The van der Waals surface area contributed by atoms with Gasteiger partial charge in [0.15, 0.2) is 0 Å². The fourth-order valence-corrected chi connectivity index (χ4v) is 0.575. The summed E-state index contributed by atoms with van der Waals surface area (Å²) in [5, 5.41) is 0. The van der Waals surface area contributed by atoms with E-state index in [1.54, 1.807) is 0 Å². The monoisotopic (exact) mass is 252 g/mol. The van der Waals surface area contributed by atoms with Gasteiger partial charge in [-0.05, 0) is 15.9 Å². The third kappa shape index (κ3) is 3.38. The van der Waals surface area contributed by atoms with Crippen LogP contribution in [0.3, 0.4) is 0 Å². The molecule has 0 aliphatic heterocycles. The van der Waals surface area contributed by atoms with Crippen LogP contribution in [-0.2, 0) is 9.53 Å². The van der Waals surface area contributed by atoms with Gasteiger partial charge in [0.1, 0.15) is 0 Å². The van der Waals surface area contributed by atoms with E-state index < -0.39 is 23.8 Å². The van der Waals surface area contributed by atoms with E-state index in [2.05, 4.69) is 4.74 Å². The fraction of sp³-hybridized carbons (Fsp3) is 0.800. The highest BCUT2D eigenvalue weighted by atomic mass is 79.9. The number of alkyl halides is 5. The van der Waals surface area contributed by atoms with Crippen molar-refractivity contribution in [3.05, 3.63) is 0 Å². The number of carbonyl (C=O) groups is 1. The second-order valence-corrected chi connectivity index (χ2v) is 2.92. The molecular weight excluding hydrogens is 248 g/mol. The molecule has 0 unspecified atom stereocenters. The Morgan fingerprint density at radius 3 is 2.17 bits per heavy atom. The molecule has 0 spiro atoms. The Balaban J connectivity index is 3.95. The largest absolute Gasteiger partial charge is 0.468 e. The van der Waals surface area contributed by atoms with E-state index in [9.17, 15) is 22.4 Å². The fourth-order valence-electron chi connectivity index (χ4n) is 0.377. The topological polar surface area (TPSA) is 26.3 Å². The molecule has 0 aromatic heterocycles. The minimum atomic E-state index is -4.27. The van der Waals surface area contributed by atoms with E-state index in [4.69, 9.17) is 0 Å². The van der Waals surface area contributed by atoms with Crippen molar-refractivity contribution in [3.63, 3.8) is 0 Å². The van der Waals surface area contributed by atoms with Crippen LogP contribution < -0.4 is 0 Å². The average Bonchev–Trinajstić information content (AvgIpc) is 1.85. The quantitative estimate of drug-likeness (QED) is 0.325. The van der Waals surface area contributed by atoms with Crippen molar-refractivity contribution in [2.24, 2.45) is 0 Å². The predicted molar refractivity (Wildman–Crippen MR) is 35.5 cm³/mol. The molecule has 0 aliphatic rings. The zero-order valence-electron chi connectivity index (χ0n) is 5.70. The highest BCUT2D eigenvalue weighted by molar-refractivity contribution is 9.10. The van der Waals surface area contributed by atoms with E-state index in [1.165, 1.54) is 15.9 Å². The smallest absolute Gasteiger partial charge is 0.363 e.